The average Bonchev–Trinajstić information content (AvgIpc) is 3.89. The maximum absolute atomic E-state index is 14.9. The Balaban J connectivity index is 1.47. The van der Waals surface area contributed by atoms with Gasteiger partial charge in [0.05, 0.1) is 12.6 Å². The number of hydrogen-bond acceptors (Lipinski definition) is 7. The number of methoxy groups -OCH3 is 1. The second kappa shape index (κ2) is 16.7. The van der Waals surface area contributed by atoms with Gasteiger partial charge < -0.3 is 13.9 Å². The summed E-state index contributed by atoms with van der Waals surface area (Å²) in [5, 5.41) is 5.34. The maximum Gasteiger partial charge on any atom is 0.295 e. The largest absolute Gasteiger partial charge is 0.383 e. The van der Waals surface area contributed by atoms with Crippen molar-refractivity contribution in [3.63, 3.8) is 0 Å². The van der Waals surface area contributed by atoms with Crippen molar-refractivity contribution >= 4 is 87.9 Å². The van der Waals surface area contributed by atoms with Crippen LogP contribution in [0.4, 0.5) is 0 Å². The van der Waals surface area contributed by atoms with Gasteiger partial charge in [-0.25, -0.2) is 0 Å². The summed E-state index contributed by atoms with van der Waals surface area (Å²) < 4.78 is 82.6. The minimum Gasteiger partial charge on any atom is -0.383 e. The first kappa shape index (κ1) is 43.8. The third-order valence-electron chi connectivity index (χ3n) is 12.4. The third-order valence-corrected chi connectivity index (χ3v) is 14.2. The minimum absolute atomic E-state index is 0.0251. The van der Waals surface area contributed by atoms with Gasteiger partial charge in [-0.1, -0.05) is 68.5 Å². The van der Waals surface area contributed by atoms with E-state index in [2.05, 4.69) is 15.7 Å². The van der Waals surface area contributed by atoms with E-state index in [1.807, 2.05) is 64.1 Å². The summed E-state index contributed by atoms with van der Waals surface area (Å²) in [5.74, 6) is 0. The molecule has 1 aliphatic carbocycles. The van der Waals surface area contributed by atoms with Crippen molar-refractivity contribution in [2.45, 2.75) is 88.8 Å². The van der Waals surface area contributed by atoms with Crippen molar-refractivity contribution in [3.05, 3.63) is 126 Å². The highest BCUT2D eigenvalue weighted by atomic mass is 32.2. The molecule has 0 aliphatic heterocycles. The summed E-state index contributed by atoms with van der Waals surface area (Å²) in [6.45, 7) is 13.8. The summed E-state index contributed by atoms with van der Waals surface area (Å²) in [5.41, 5.74) is 2.98. The molecule has 4 aromatic carbocycles. The number of aryl methyl sites for hydroxylation is 2. The van der Waals surface area contributed by atoms with Crippen molar-refractivity contribution in [2.24, 2.45) is 0 Å². The van der Waals surface area contributed by atoms with Crippen LogP contribution in [0.3, 0.4) is 0 Å². The Morgan fingerprint density at radius 2 is 1.17 bits per heavy atom. The van der Waals surface area contributed by atoms with Crippen LogP contribution in [0.5, 0.6) is 0 Å². The molecule has 0 amide bonds. The van der Waals surface area contributed by atoms with E-state index in [-0.39, 0.29) is 21.6 Å². The highest BCUT2D eigenvalue weighted by molar-refractivity contribution is 7.86. The van der Waals surface area contributed by atoms with Gasteiger partial charge >= 0.3 is 0 Å². The average molecular weight is 891 g/mol. The number of hydrogen-bond donors (Lipinski definition) is 2. The molecule has 2 N–H and O–H groups in total. The second-order valence-corrected chi connectivity index (χ2v) is 18.8. The molecule has 1 unspecified atom stereocenters. The molecule has 0 bridgehead atoms. The smallest absolute Gasteiger partial charge is 0.295 e. The van der Waals surface area contributed by atoms with Gasteiger partial charge in [-0.15, -0.1) is 0 Å². The predicted octanol–water partition coefficient (Wildman–Crippen LogP) is 5.37. The van der Waals surface area contributed by atoms with Crippen LogP contribution in [0, 0.1) is 0 Å². The van der Waals surface area contributed by atoms with Crippen LogP contribution in [0.25, 0.3) is 67.7 Å². The predicted molar refractivity (Wildman–Crippen MR) is 249 cm³/mol. The molecule has 1 fully saturated rings. The molecular weight excluding hydrogens is 841 g/mol. The number of nitrogens with zero attached hydrogens (tertiary/aromatic N) is 4. The quantitative estimate of drug-likeness (QED) is 0.153. The normalized spacial score (nSPS) is 16.5. The zero-order valence-electron chi connectivity index (χ0n) is 35.9. The van der Waals surface area contributed by atoms with E-state index >= 15 is 0 Å². The first-order chi connectivity index (χ1) is 30.1. The second-order valence-electron chi connectivity index (χ2n) is 16.0. The fourth-order valence-electron chi connectivity index (χ4n) is 9.62. The summed E-state index contributed by atoms with van der Waals surface area (Å²) in [7, 11) is -7.46. The number of benzene rings is 4. The lowest BCUT2D eigenvalue weighted by molar-refractivity contribution is 0.157. The van der Waals surface area contributed by atoms with E-state index < -0.39 is 37.4 Å². The zero-order chi connectivity index (χ0) is 45.1. The zero-order valence-corrected chi connectivity index (χ0v) is 37.5. The highest BCUT2D eigenvalue weighted by Crippen LogP contribution is 2.37. The summed E-state index contributed by atoms with van der Waals surface area (Å²) in [4.78, 5) is 29.4. The molecule has 0 spiro atoms. The lowest BCUT2D eigenvalue weighted by Gasteiger charge is -2.19. The molecule has 1 aliphatic rings. The Hall–Kier alpha value is -5.84. The summed E-state index contributed by atoms with van der Waals surface area (Å²) in [6.07, 6.45) is 10.2. The van der Waals surface area contributed by atoms with E-state index in [9.17, 15) is 35.5 Å². The van der Waals surface area contributed by atoms with Crippen LogP contribution < -0.4 is 32.5 Å². The van der Waals surface area contributed by atoms with Gasteiger partial charge in [0.15, 0.2) is 0 Å². The Morgan fingerprint density at radius 3 is 1.60 bits per heavy atom. The van der Waals surface area contributed by atoms with Crippen molar-refractivity contribution in [2.75, 3.05) is 13.7 Å². The van der Waals surface area contributed by atoms with E-state index in [0.717, 1.165) is 50.1 Å². The van der Waals surface area contributed by atoms with E-state index in [0.29, 0.717) is 71.5 Å². The van der Waals surface area contributed by atoms with Crippen molar-refractivity contribution in [1.82, 2.24) is 18.3 Å². The first-order valence-corrected chi connectivity index (χ1v) is 24.0. The first-order valence-electron chi connectivity index (χ1n) is 21.1. The summed E-state index contributed by atoms with van der Waals surface area (Å²) in [6, 6.07) is 16.5. The van der Waals surface area contributed by atoms with Crippen LogP contribution in [0.2, 0.25) is 0 Å². The number of aromatic nitrogens is 4. The molecule has 0 radical (unpaired) electrons. The van der Waals surface area contributed by atoms with Gasteiger partial charge in [-0.05, 0) is 93.2 Å². The minimum atomic E-state index is -4.51. The van der Waals surface area contributed by atoms with Gasteiger partial charge in [0.1, 0.15) is 20.5 Å². The van der Waals surface area contributed by atoms with Crippen LogP contribution in [-0.2, 0) is 44.6 Å². The van der Waals surface area contributed by atoms with Gasteiger partial charge in [-0.3, -0.25) is 27.8 Å². The fourth-order valence-corrected chi connectivity index (χ4v) is 11.0. The molecule has 3 heterocycles. The van der Waals surface area contributed by atoms with Crippen molar-refractivity contribution < 1.29 is 30.7 Å². The number of ether oxygens (including phenoxy) is 1. The SMILES string of the molecule is C=c1n(CCCC)c(=O)c(=C2/C(=C/C=c3\c4cccc5c(S(=O)(=O)O)ccc(c54)n3CC)CC/C2=C\C=c2/c3cccc4c(S(=O)(=O)O)ccc(c43)n2CC)c(=O)n1C(C)COC. The van der Waals surface area contributed by atoms with E-state index in [1.54, 1.807) is 52.6 Å². The van der Waals surface area contributed by atoms with E-state index in [4.69, 9.17) is 4.74 Å². The Kier molecular flexibility index (Phi) is 11.6. The van der Waals surface area contributed by atoms with Crippen molar-refractivity contribution in [1.29, 1.82) is 0 Å². The lowest BCUT2D eigenvalue weighted by atomic mass is 10.0. The van der Waals surface area contributed by atoms with Crippen LogP contribution in [0.15, 0.2) is 103 Å². The van der Waals surface area contributed by atoms with Gasteiger partial charge in [0, 0.05) is 80.8 Å². The molecule has 8 rings (SSSR count). The standard InChI is InChI=1S/C48H50N4O9S2/c1-7-10-27-51-30(5)52(29(4)28-61-6)48(54)46(47(51)53)43-31(19-21-37-33-13-11-15-35-41(62(55,56)57)25-23-39(44(33)35)49(37)8-2)17-18-32(43)20-22-38-34-14-12-16-36-42(63(58,59)60)26-24-40(45(34)36)50(38)9-3/h11-16,19-26,29H,5,7-10,17-18,27-28H2,1-4,6H3,(H,55,56,57)(H,58,59,60)/b31-19+,32-20+,37-21+,38-22+. The molecule has 1 atom stereocenters. The monoisotopic (exact) mass is 890 g/mol. The van der Waals surface area contributed by atoms with Gasteiger partial charge in [0.2, 0.25) is 0 Å². The molecular formula is C48H50N4O9S2. The van der Waals surface area contributed by atoms with Crippen LogP contribution in [-0.4, -0.2) is 57.9 Å². The van der Waals surface area contributed by atoms with Crippen LogP contribution in [0.1, 0.15) is 59.4 Å². The molecule has 15 heteroatoms. The number of unbranched alkanes of at least 4 members (excludes halogenated alkanes) is 1. The van der Waals surface area contributed by atoms with E-state index in [1.165, 1.54) is 12.1 Å². The molecule has 13 nitrogen and oxygen atoms in total. The third kappa shape index (κ3) is 7.31. The topological polar surface area (TPSA) is 172 Å². The molecule has 7 aromatic rings. The molecule has 3 aromatic heterocycles. The lowest BCUT2D eigenvalue weighted by Crippen LogP contribution is -2.59. The molecule has 0 saturated heterocycles. The Morgan fingerprint density at radius 1 is 0.698 bits per heavy atom. The van der Waals surface area contributed by atoms with Gasteiger partial charge in [0.25, 0.3) is 31.4 Å². The number of rotatable bonds is 12. The fraction of sp³-hybridized carbons (Fsp3) is 0.292. The highest BCUT2D eigenvalue weighted by Gasteiger charge is 2.26. The van der Waals surface area contributed by atoms with Crippen LogP contribution >= 0.6 is 0 Å². The molecule has 1 saturated carbocycles. The summed E-state index contributed by atoms with van der Waals surface area (Å²) >= 11 is 0. The molecule has 63 heavy (non-hydrogen) atoms. The number of allylic oxidation sites excluding steroid dienone is 4. The molecule has 328 valence electrons. The van der Waals surface area contributed by atoms with Gasteiger partial charge in [-0.2, -0.15) is 16.8 Å². The van der Waals surface area contributed by atoms with Crippen molar-refractivity contribution in [3.8, 4) is 0 Å². The Bertz CT molecular complexity index is 3500. The Labute approximate surface area is 364 Å². The maximum atomic E-state index is 14.9.